The van der Waals surface area contributed by atoms with E-state index in [1.807, 2.05) is 100 Å². The molecule has 0 aliphatic rings. The van der Waals surface area contributed by atoms with E-state index in [0.29, 0.717) is 50.3 Å². The van der Waals surface area contributed by atoms with Gasteiger partial charge < -0.3 is 19.3 Å². The van der Waals surface area contributed by atoms with Crippen molar-refractivity contribution < 1.29 is 19.1 Å². The van der Waals surface area contributed by atoms with Crippen LogP contribution in [0.15, 0.2) is 48.5 Å². The molecule has 0 saturated heterocycles. The molecule has 0 aromatic heterocycles. The van der Waals surface area contributed by atoms with Crippen molar-refractivity contribution in [2.45, 2.75) is 26.7 Å². The van der Waals surface area contributed by atoms with Crippen LogP contribution in [0.4, 0.5) is 0 Å². The summed E-state index contributed by atoms with van der Waals surface area (Å²) in [6.45, 7) is 6.32. The normalized spacial score (nSPS) is 13.1. The number of ether oxygens (including phenoxy) is 2. The van der Waals surface area contributed by atoms with Crippen LogP contribution in [0.3, 0.4) is 0 Å². The van der Waals surface area contributed by atoms with Crippen molar-refractivity contribution in [3.05, 3.63) is 59.7 Å². The highest BCUT2D eigenvalue weighted by Gasteiger charge is 2.26. The summed E-state index contributed by atoms with van der Waals surface area (Å²) in [7, 11) is 7.89. The Bertz CT molecular complexity index is 816. The van der Waals surface area contributed by atoms with E-state index in [1.165, 1.54) is 0 Å². The first-order valence-electron chi connectivity index (χ1n) is 12.1. The maximum Gasteiger partial charge on any atom is 0.167 e. The molecule has 0 radical (unpaired) electrons. The first-order chi connectivity index (χ1) is 16.2. The molecule has 0 amide bonds. The molecule has 2 atom stereocenters. The van der Waals surface area contributed by atoms with E-state index >= 15 is 0 Å². The molecule has 2 aromatic rings. The summed E-state index contributed by atoms with van der Waals surface area (Å²) < 4.78 is 11.0. The number of rotatable bonds is 15. The van der Waals surface area contributed by atoms with E-state index in [2.05, 4.69) is 0 Å². The molecule has 6 nitrogen and oxygen atoms in total. The summed E-state index contributed by atoms with van der Waals surface area (Å²) >= 11 is 0. The predicted octanol–water partition coefficient (Wildman–Crippen LogP) is 4.69. The third-order valence-electron chi connectivity index (χ3n) is 5.68. The minimum Gasteiger partial charge on any atom is -0.494 e. The molecular weight excluding hydrogens is 428 g/mol. The third kappa shape index (κ3) is 8.58. The molecule has 2 rings (SSSR count). The maximum atomic E-state index is 13.3. The number of ketones is 2. The van der Waals surface area contributed by atoms with Gasteiger partial charge in [0.25, 0.3) is 0 Å². The molecule has 0 saturated carbocycles. The number of carbonyl (C=O) groups excluding carboxylic acids is 2. The predicted molar refractivity (Wildman–Crippen MR) is 137 cm³/mol. The van der Waals surface area contributed by atoms with Crippen LogP contribution in [-0.2, 0) is 0 Å². The van der Waals surface area contributed by atoms with E-state index in [9.17, 15) is 9.59 Å². The van der Waals surface area contributed by atoms with Crippen LogP contribution >= 0.6 is 0 Å². The van der Waals surface area contributed by atoms with Gasteiger partial charge in [-0.15, -0.1) is 0 Å². The van der Waals surface area contributed by atoms with Gasteiger partial charge in [-0.05, 0) is 103 Å². The Morgan fingerprint density at radius 3 is 1.24 bits per heavy atom. The smallest absolute Gasteiger partial charge is 0.167 e. The van der Waals surface area contributed by atoms with Gasteiger partial charge in [-0.25, -0.2) is 0 Å². The SMILES string of the molecule is CCOc1ccc(C(=O)[C@@H](CC[C@@H](CN(C)C)C(=O)c2ccc(OCC)cc2)CN(C)C)cc1. The minimum atomic E-state index is -0.189. The van der Waals surface area contributed by atoms with Gasteiger partial charge in [0, 0.05) is 36.1 Å². The standard InChI is InChI=1S/C28H40N2O4/c1-7-33-25-15-11-21(12-16-25)27(31)23(19-29(3)4)9-10-24(20-30(5)6)28(32)22-13-17-26(18-14-22)34-8-2/h11-18,23-24H,7-10,19-20H2,1-6H3/t23-,24-/m0/s1. The van der Waals surface area contributed by atoms with Crippen molar-refractivity contribution in [1.29, 1.82) is 0 Å². The molecule has 0 bridgehead atoms. The highest BCUT2D eigenvalue weighted by atomic mass is 16.5. The molecular formula is C28H40N2O4. The van der Waals surface area contributed by atoms with Gasteiger partial charge in [-0.1, -0.05) is 0 Å². The van der Waals surface area contributed by atoms with Crippen LogP contribution in [0, 0.1) is 11.8 Å². The molecule has 0 spiro atoms. The second kappa shape index (κ2) is 13.9. The fourth-order valence-electron chi connectivity index (χ4n) is 4.13. The number of hydrogen-bond acceptors (Lipinski definition) is 6. The average Bonchev–Trinajstić information content (AvgIpc) is 2.81. The lowest BCUT2D eigenvalue weighted by Gasteiger charge is -2.24. The van der Waals surface area contributed by atoms with Crippen LogP contribution in [0.5, 0.6) is 11.5 Å². The summed E-state index contributed by atoms with van der Waals surface area (Å²) in [6.07, 6.45) is 1.29. The lowest BCUT2D eigenvalue weighted by molar-refractivity contribution is 0.0834. The van der Waals surface area contributed by atoms with Crippen LogP contribution in [0.2, 0.25) is 0 Å². The van der Waals surface area contributed by atoms with Crippen molar-refractivity contribution in [1.82, 2.24) is 9.80 Å². The molecule has 0 aliphatic heterocycles. The lowest BCUT2D eigenvalue weighted by atomic mass is 9.86. The highest BCUT2D eigenvalue weighted by Crippen LogP contribution is 2.24. The molecule has 6 heteroatoms. The average molecular weight is 469 g/mol. The summed E-state index contributed by atoms with van der Waals surface area (Å²) in [5, 5.41) is 0. The van der Waals surface area contributed by atoms with Crippen LogP contribution in [-0.4, -0.2) is 75.9 Å². The van der Waals surface area contributed by atoms with Crippen molar-refractivity contribution in [3.8, 4) is 11.5 Å². The number of benzene rings is 2. The fourth-order valence-corrected chi connectivity index (χ4v) is 4.13. The van der Waals surface area contributed by atoms with Gasteiger partial charge >= 0.3 is 0 Å². The Kier molecular flexibility index (Phi) is 11.2. The Balaban J connectivity index is 2.15. The number of nitrogens with zero attached hydrogens (tertiary/aromatic N) is 2. The van der Waals surface area contributed by atoms with Crippen molar-refractivity contribution in [2.24, 2.45) is 11.8 Å². The van der Waals surface area contributed by atoms with Crippen LogP contribution < -0.4 is 9.47 Å². The Morgan fingerprint density at radius 1 is 0.647 bits per heavy atom. The van der Waals surface area contributed by atoms with Crippen LogP contribution in [0.1, 0.15) is 47.4 Å². The second-order valence-corrected chi connectivity index (χ2v) is 9.14. The molecule has 0 heterocycles. The van der Waals surface area contributed by atoms with Gasteiger partial charge in [0.05, 0.1) is 13.2 Å². The minimum absolute atomic E-state index is 0.105. The number of Topliss-reactive ketones (excluding diaryl/α,β-unsaturated/α-hetero) is 2. The van der Waals surface area contributed by atoms with E-state index in [-0.39, 0.29) is 23.4 Å². The molecule has 34 heavy (non-hydrogen) atoms. The summed E-state index contributed by atoms with van der Waals surface area (Å²) in [6, 6.07) is 14.7. The first-order valence-corrected chi connectivity index (χ1v) is 12.1. The van der Waals surface area contributed by atoms with E-state index < -0.39 is 0 Å². The zero-order valence-corrected chi connectivity index (χ0v) is 21.5. The van der Waals surface area contributed by atoms with Gasteiger partial charge in [-0.2, -0.15) is 0 Å². The zero-order chi connectivity index (χ0) is 25.1. The van der Waals surface area contributed by atoms with Gasteiger partial charge in [0.1, 0.15) is 11.5 Å². The molecule has 0 unspecified atom stereocenters. The number of hydrogen-bond donors (Lipinski definition) is 0. The third-order valence-corrected chi connectivity index (χ3v) is 5.68. The molecule has 0 aliphatic carbocycles. The van der Waals surface area contributed by atoms with Crippen LogP contribution in [0.25, 0.3) is 0 Å². The van der Waals surface area contributed by atoms with Gasteiger partial charge in [0.15, 0.2) is 11.6 Å². The molecule has 2 aromatic carbocycles. The second-order valence-electron chi connectivity index (χ2n) is 9.14. The van der Waals surface area contributed by atoms with Gasteiger partial charge in [-0.3, -0.25) is 9.59 Å². The quantitative estimate of drug-likeness (QED) is 0.354. The fraction of sp³-hybridized carbons (Fsp3) is 0.500. The number of carbonyl (C=O) groups is 2. The Labute approximate surface area is 204 Å². The Hall–Kier alpha value is -2.70. The summed E-state index contributed by atoms with van der Waals surface area (Å²) in [5.74, 6) is 1.35. The maximum absolute atomic E-state index is 13.3. The molecule has 0 N–H and O–H groups in total. The highest BCUT2D eigenvalue weighted by molar-refractivity contribution is 5.99. The van der Waals surface area contributed by atoms with Crippen molar-refractivity contribution >= 4 is 11.6 Å². The van der Waals surface area contributed by atoms with E-state index in [4.69, 9.17) is 9.47 Å². The zero-order valence-electron chi connectivity index (χ0n) is 21.5. The van der Waals surface area contributed by atoms with Crippen molar-refractivity contribution in [3.63, 3.8) is 0 Å². The molecule has 186 valence electrons. The monoisotopic (exact) mass is 468 g/mol. The summed E-state index contributed by atoms with van der Waals surface area (Å²) in [5.41, 5.74) is 1.36. The van der Waals surface area contributed by atoms with E-state index in [0.717, 1.165) is 11.5 Å². The topological polar surface area (TPSA) is 59.1 Å². The van der Waals surface area contributed by atoms with Crippen molar-refractivity contribution in [2.75, 3.05) is 54.5 Å². The first kappa shape index (κ1) is 27.5. The summed E-state index contributed by atoms with van der Waals surface area (Å²) in [4.78, 5) is 30.8. The Morgan fingerprint density at radius 2 is 0.971 bits per heavy atom. The molecule has 0 fully saturated rings. The lowest BCUT2D eigenvalue weighted by Crippen LogP contribution is -2.32. The van der Waals surface area contributed by atoms with Gasteiger partial charge in [0.2, 0.25) is 0 Å². The largest absolute Gasteiger partial charge is 0.494 e. The van der Waals surface area contributed by atoms with E-state index in [1.54, 1.807) is 0 Å².